The van der Waals surface area contributed by atoms with E-state index in [0.29, 0.717) is 28.9 Å². The van der Waals surface area contributed by atoms with Crippen molar-refractivity contribution in [1.29, 1.82) is 5.26 Å². The van der Waals surface area contributed by atoms with Gasteiger partial charge in [0.1, 0.15) is 5.40 Å². The maximum atomic E-state index is 8.78. The Morgan fingerprint density at radius 3 is 1.31 bits per heavy atom. The fraction of sp³-hybridized carbons (Fsp3) is 0.792. The Labute approximate surface area is 165 Å². The van der Waals surface area contributed by atoms with Crippen molar-refractivity contribution >= 4 is 11.8 Å². The molecule has 2 heteroatoms. The Bertz CT molecular complexity index is 586. The van der Waals surface area contributed by atoms with Gasteiger partial charge in [-0.3, -0.25) is 0 Å². The number of thioether (sulfide) groups is 1. The van der Waals surface area contributed by atoms with Crippen LogP contribution in [0.2, 0.25) is 0 Å². The normalized spacial score (nSPS) is 37.4. The van der Waals surface area contributed by atoms with E-state index in [1.165, 1.54) is 88.8 Å². The van der Waals surface area contributed by atoms with E-state index in [-0.39, 0.29) is 0 Å². The van der Waals surface area contributed by atoms with Gasteiger partial charge in [0.05, 0.1) is 0 Å². The van der Waals surface area contributed by atoms with Gasteiger partial charge in [-0.05, 0) is 94.7 Å². The van der Waals surface area contributed by atoms with Gasteiger partial charge in [-0.25, -0.2) is 0 Å². The Hall–Kier alpha value is -1.04. The molecule has 0 bridgehead atoms. The third kappa shape index (κ3) is 6.29. The first-order valence-corrected chi connectivity index (χ1v) is 11.7. The number of hydrogen-bond donors (Lipinski definition) is 0. The zero-order valence-corrected chi connectivity index (χ0v) is 17.1. The summed E-state index contributed by atoms with van der Waals surface area (Å²) in [6, 6.07) is 0. The summed E-state index contributed by atoms with van der Waals surface area (Å²) < 4.78 is 0. The van der Waals surface area contributed by atoms with Crippen molar-refractivity contribution in [2.24, 2.45) is 29.6 Å². The minimum atomic E-state index is 0.555. The predicted molar refractivity (Wildman–Crippen MR) is 111 cm³/mol. The smallest absolute Gasteiger partial charge is 0.133 e. The topological polar surface area (TPSA) is 23.8 Å². The van der Waals surface area contributed by atoms with E-state index in [0.717, 1.165) is 5.92 Å². The Balaban J connectivity index is 1.37. The zero-order chi connectivity index (χ0) is 18.2. The van der Waals surface area contributed by atoms with Gasteiger partial charge < -0.3 is 0 Å². The highest BCUT2D eigenvalue weighted by Crippen LogP contribution is 2.32. The molecular formula is C24H33NS. The van der Waals surface area contributed by atoms with Gasteiger partial charge in [-0.2, -0.15) is 5.26 Å². The molecular weight excluding hydrogens is 334 g/mol. The average Bonchev–Trinajstić information content (AvgIpc) is 2.68. The first kappa shape index (κ1) is 19.7. The molecule has 0 radical (unpaired) electrons. The quantitative estimate of drug-likeness (QED) is 0.395. The summed E-state index contributed by atoms with van der Waals surface area (Å²) in [6.45, 7) is 2.38. The van der Waals surface area contributed by atoms with Crippen LogP contribution in [0.5, 0.6) is 0 Å². The minimum absolute atomic E-state index is 0.555. The van der Waals surface area contributed by atoms with Crippen LogP contribution in [-0.4, -0.2) is 5.25 Å². The van der Waals surface area contributed by atoms with Crippen molar-refractivity contribution in [3.8, 4) is 29.1 Å². The first-order valence-electron chi connectivity index (χ1n) is 10.8. The molecule has 0 aromatic heterocycles. The molecule has 0 N–H and O–H groups in total. The van der Waals surface area contributed by atoms with Crippen LogP contribution in [0.1, 0.15) is 84.0 Å². The van der Waals surface area contributed by atoms with Gasteiger partial charge in [0.25, 0.3) is 0 Å². The monoisotopic (exact) mass is 367 g/mol. The molecule has 3 aliphatic carbocycles. The molecule has 140 valence electrons. The van der Waals surface area contributed by atoms with Gasteiger partial charge in [0.15, 0.2) is 0 Å². The molecule has 0 unspecified atom stereocenters. The standard InChI is InChI=1S/C24H33NS/c1-19-2-4-20(5-3-19)6-7-21-8-10-22(11-9-21)12-13-23-14-16-24(17-15-23)26-18-25/h19-24H,2-5,8-11,14-17H2,1H3. The highest BCUT2D eigenvalue weighted by atomic mass is 32.2. The van der Waals surface area contributed by atoms with Crippen molar-refractivity contribution in [3.63, 3.8) is 0 Å². The van der Waals surface area contributed by atoms with Crippen LogP contribution in [0.4, 0.5) is 0 Å². The van der Waals surface area contributed by atoms with E-state index in [1.54, 1.807) is 0 Å². The summed E-state index contributed by atoms with van der Waals surface area (Å²) >= 11 is 1.46. The fourth-order valence-corrected chi connectivity index (χ4v) is 5.31. The van der Waals surface area contributed by atoms with Gasteiger partial charge in [0.2, 0.25) is 0 Å². The largest absolute Gasteiger partial charge is 0.185 e. The summed E-state index contributed by atoms with van der Waals surface area (Å²) in [5.74, 6) is 17.8. The lowest BCUT2D eigenvalue weighted by Gasteiger charge is -2.25. The van der Waals surface area contributed by atoms with Gasteiger partial charge in [-0.1, -0.05) is 30.6 Å². The second-order valence-electron chi connectivity index (χ2n) is 8.77. The summed E-state index contributed by atoms with van der Waals surface area (Å²) in [5.41, 5.74) is 0. The maximum absolute atomic E-state index is 8.78. The van der Waals surface area contributed by atoms with E-state index >= 15 is 0 Å². The van der Waals surface area contributed by atoms with Crippen LogP contribution in [0.15, 0.2) is 0 Å². The molecule has 3 aliphatic rings. The van der Waals surface area contributed by atoms with Crippen LogP contribution < -0.4 is 0 Å². The lowest BCUT2D eigenvalue weighted by atomic mass is 9.80. The van der Waals surface area contributed by atoms with Gasteiger partial charge in [0, 0.05) is 28.9 Å². The molecule has 0 aliphatic heterocycles. The maximum Gasteiger partial charge on any atom is 0.133 e. The third-order valence-electron chi connectivity index (χ3n) is 6.62. The van der Waals surface area contributed by atoms with Gasteiger partial charge in [-0.15, -0.1) is 0 Å². The van der Waals surface area contributed by atoms with E-state index in [2.05, 4.69) is 36.0 Å². The second-order valence-corrected chi connectivity index (χ2v) is 9.85. The molecule has 0 amide bonds. The Kier molecular flexibility index (Phi) is 7.84. The molecule has 3 saturated carbocycles. The summed E-state index contributed by atoms with van der Waals surface area (Å²) in [4.78, 5) is 0. The predicted octanol–water partition coefficient (Wildman–Crippen LogP) is 6.40. The lowest BCUT2D eigenvalue weighted by molar-refractivity contribution is 0.336. The highest BCUT2D eigenvalue weighted by Gasteiger charge is 2.22. The second kappa shape index (κ2) is 10.3. The van der Waals surface area contributed by atoms with E-state index in [1.807, 2.05) is 0 Å². The molecule has 0 atom stereocenters. The molecule has 3 rings (SSSR count). The highest BCUT2D eigenvalue weighted by molar-refractivity contribution is 8.04. The number of thiocyanates is 1. The van der Waals surface area contributed by atoms with Crippen LogP contribution in [0.25, 0.3) is 0 Å². The number of nitrogens with zero attached hydrogens (tertiary/aromatic N) is 1. The van der Waals surface area contributed by atoms with Crippen molar-refractivity contribution in [3.05, 3.63) is 0 Å². The summed E-state index contributed by atoms with van der Waals surface area (Å²) in [6.07, 6.45) is 15.1. The number of rotatable bonds is 1. The Morgan fingerprint density at radius 1 is 0.577 bits per heavy atom. The molecule has 0 saturated heterocycles. The molecule has 0 spiro atoms. The lowest BCUT2D eigenvalue weighted by Crippen LogP contribution is -2.16. The van der Waals surface area contributed by atoms with Crippen LogP contribution in [0, 0.1) is 63.9 Å². The van der Waals surface area contributed by atoms with E-state index < -0.39 is 0 Å². The molecule has 0 heterocycles. The molecule has 26 heavy (non-hydrogen) atoms. The average molecular weight is 368 g/mol. The summed E-state index contributed by atoms with van der Waals surface area (Å²) in [5, 5.41) is 11.6. The van der Waals surface area contributed by atoms with E-state index in [9.17, 15) is 0 Å². The first-order chi connectivity index (χ1) is 12.7. The minimum Gasteiger partial charge on any atom is -0.185 e. The van der Waals surface area contributed by atoms with Crippen LogP contribution in [0.3, 0.4) is 0 Å². The van der Waals surface area contributed by atoms with Crippen molar-refractivity contribution in [2.45, 2.75) is 89.2 Å². The number of hydrogen-bond acceptors (Lipinski definition) is 2. The van der Waals surface area contributed by atoms with Crippen molar-refractivity contribution in [1.82, 2.24) is 0 Å². The zero-order valence-electron chi connectivity index (χ0n) is 16.3. The SMILES string of the molecule is CC1CCC(C#CC2CCC(C#CC3CCC(SC#N)CC3)CC2)CC1. The van der Waals surface area contributed by atoms with Crippen molar-refractivity contribution < 1.29 is 0 Å². The van der Waals surface area contributed by atoms with Crippen LogP contribution >= 0.6 is 11.8 Å². The van der Waals surface area contributed by atoms with Gasteiger partial charge >= 0.3 is 0 Å². The molecule has 0 aromatic carbocycles. The molecule has 0 aromatic rings. The molecule has 3 fully saturated rings. The molecule has 1 nitrogen and oxygen atoms in total. The summed E-state index contributed by atoms with van der Waals surface area (Å²) in [7, 11) is 0. The number of nitriles is 1. The van der Waals surface area contributed by atoms with Crippen LogP contribution in [-0.2, 0) is 0 Å². The fourth-order valence-electron chi connectivity index (χ4n) is 4.66. The van der Waals surface area contributed by atoms with Crippen molar-refractivity contribution in [2.75, 3.05) is 0 Å². The van der Waals surface area contributed by atoms with E-state index in [4.69, 9.17) is 5.26 Å². The third-order valence-corrected chi connectivity index (χ3v) is 7.53. The Morgan fingerprint density at radius 2 is 0.923 bits per heavy atom.